The molecule has 0 amide bonds. The number of rotatable bonds is 6. The van der Waals surface area contributed by atoms with E-state index in [4.69, 9.17) is 0 Å². The lowest BCUT2D eigenvalue weighted by Crippen LogP contribution is -2.18. The first-order valence-corrected chi connectivity index (χ1v) is 9.88. The molecule has 0 saturated heterocycles. The first-order valence-electron chi connectivity index (χ1n) is 7.99. The van der Waals surface area contributed by atoms with Crippen LogP contribution in [0.2, 0.25) is 0 Å². The van der Waals surface area contributed by atoms with Crippen molar-refractivity contribution in [1.29, 1.82) is 0 Å². The lowest BCUT2D eigenvalue weighted by Gasteiger charge is -2.19. The second kappa shape index (κ2) is 7.21. The maximum atomic E-state index is 11.5. The predicted octanol–water partition coefficient (Wildman–Crippen LogP) is 2.91. The van der Waals surface area contributed by atoms with Gasteiger partial charge in [-0.05, 0) is 42.4 Å². The van der Waals surface area contributed by atoms with E-state index in [1.165, 1.54) is 11.8 Å². The van der Waals surface area contributed by atoms with Crippen LogP contribution in [0.4, 0.5) is 0 Å². The maximum absolute atomic E-state index is 11.5. The molecule has 0 aliphatic rings. The van der Waals surface area contributed by atoms with E-state index >= 15 is 0 Å². The SMILES string of the molecule is CN(Cc1ccc(S(C)(=O)=O)cc1)Cc1ccccc1-n1cccn1. The van der Waals surface area contributed by atoms with Gasteiger partial charge in [0.15, 0.2) is 9.84 Å². The molecule has 2 aromatic carbocycles. The van der Waals surface area contributed by atoms with Crippen molar-refractivity contribution in [3.05, 3.63) is 78.1 Å². The fraction of sp³-hybridized carbons (Fsp3) is 0.211. The Kier molecular flexibility index (Phi) is 5.01. The Bertz CT molecular complexity index is 933. The molecule has 0 atom stereocenters. The molecule has 25 heavy (non-hydrogen) atoms. The number of sulfone groups is 1. The average molecular weight is 355 g/mol. The Hall–Kier alpha value is -2.44. The van der Waals surface area contributed by atoms with Crippen molar-refractivity contribution in [2.75, 3.05) is 13.3 Å². The fourth-order valence-electron chi connectivity index (χ4n) is 2.78. The highest BCUT2D eigenvalue weighted by Gasteiger charge is 2.09. The van der Waals surface area contributed by atoms with Gasteiger partial charge in [-0.25, -0.2) is 13.1 Å². The minimum absolute atomic E-state index is 0.350. The Morgan fingerprint density at radius 2 is 1.72 bits per heavy atom. The highest BCUT2D eigenvalue weighted by atomic mass is 32.2. The zero-order valence-corrected chi connectivity index (χ0v) is 15.1. The summed E-state index contributed by atoms with van der Waals surface area (Å²) < 4.78 is 24.9. The predicted molar refractivity (Wildman–Crippen MR) is 98.3 cm³/mol. The summed E-state index contributed by atoms with van der Waals surface area (Å²) in [6.07, 6.45) is 4.92. The van der Waals surface area contributed by atoms with Gasteiger partial charge in [0, 0.05) is 31.7 Å². The van der Waals surface area contributed by atoms with Crippen molar-refractivity contribution in [2.24, 2.45) is 0 Å². The van der Waals surface area contributed by atoms with Gasteiger partial charge in [0.25, 0.3) is 0 Å². The van der Waals surface area contributed by atoms with Crippen LogP contribution in [-0.4, -0.2) is 36.4 Å². The Morgan fingerprint density at radius 1 is 1.00 bits per heavy atom. The number of benzene rings is 2. The molecule has 1 aromatic heterocycles. The van der Waals surface area contributed by atoms with Gasteiger partial charge >= 0.3 is 0 Å². The van der Waals surface area contributed by atoms with Crippen LogP contribution in [0.1, 0.15) is 11.1 Å². The zero-order chi connectivity index (χ0) is 17.9. The highest BCUT2D eigenvalue weighted by Crippen LogP contribution is 2.17. The van der Waals surface area contributed by atoms with Crippen LogP contribution < -0.4 is 0 Å². The molecule has 0 aliphatic heterocycles. The van der Waals surface area contributed by atoms with Crippen molar-refractivity contribution in [1.82, 2.24) is 14.7 Å². The zero-order valence-electron chi connectivity index (χ0n) is 14.3. The molecule has 0 N–H and O–H groups in total. The van der Waals surface area contributed by atoms with Crippen molar-refractivity contribution < 1.29 is 8.42 Å². The molecular formula is C19H21N3O2S. The lowest BCUT2D eigenvalue weighted by molar-refractivity contribution is 0.318. The van der Waals surface area contributed by atoms with E-state index in [9.17, 15) is 8.42 Å². The standard InChI is InChI=1S/C19H21N3O2S/c1-21(14-16-8-10-18(11-9-16)25(2,23)24)15-17-6-3-4-7-19(17)22-13-5-12-20-22/h3-13H,14-15H2,1-2H3. The minimum Gasteiger partial charge on any atom is -0.298 e. The normalized spacial score (nSPS) is 11.8. The minimum atomic E-state index is -3.15. The number of nitrogens with zero attached hydrogens (tertiary/aromatic N) is 3. The molecule has 5 nitrogen and oxygen atoms in total. The van der Waals surface area contributed by atoms with Gasteiger partial charge in [0.1, 0.15) is 0 Å². The fourth-order valence-corrected chi connectivity index (χ4v) is 3.41. The Balaban J connectivity index is 1.72. The monoisotopic (exact) mass is 355 g/mol. The van der Waals surface area contributed by atoms with E-state index in [1.807, 2.05) is 48.3 Å². The van der Waals surface area contributed by atoms with Gasteiger partial charge in [-0.2, -0.15) is 5.10 Å². The average Bonchev–Trinajstić information content (AvgIpc) is 3.09. The molecule has 1 heterocycles. The summed E-state index contributed by atoms with van der Waals surface area (Å²) in [5.41, 5.74) is 3.32. The van der Waals surface area contributed by atoms with E-state index in [-0.39, 0.29) is 0 Å². The van der Waals surface area contributed by atoms with Crippen LogP contribution in [-0.2, 0) is 22.9 Å². The lowest BCUT2D eigenvalue weighted by atomic mass is 10.1. The van der Waals surface area contributed by atoms with Gasteiger partial charge in [0.05, 0.1) is 10.6 Å². The maximum Gasteiger partial charge on any atom is 0.175 e. The van der Waals surface area contributed by atoms with Crippen LogP contribution in [0, 0.1) is 0 Å². The Labute approximate surface area is 148 Å². The first-order chi connectivity index (χ1) is 11.9. The largest absolute Gasteiger partial charge is 0.298 e. The van der Waals surface area contributed by atoms with E-state index in [1.54, 1.807) is 18.3 Å². The second-order valence-corrected chi connectivity index (χ2v) is 8.18. The molecular weight excluding hydrogens is 334 g/mol. The van der Waals surface area contributed by atoms with Crippen molar-refractivity contribution in [3.8, 4) is 5.69 Å². The van der Waals surface area contributed by atoms with Crippen molar-refractivity contribution >= 4 is 9.84 Å². The smallest absolute Gasteiger partial charge is 0.175 e. The first kappa shape index (κ1) is 17.4. The summed E-state index contributed by atoms with van der Waals surface area (Å²) in [6.45, 7) is 1.50. The highest BCUT2D eigenvalue weighted by molar-refractivity contribution is 7.90. The van der Waals surface area contributed by atoms with Crippen molar-refractivity contribution in [3.63, 3.8) is 0 Å². The molecule has 0 radical (unpaired) electrons. The van der Waals surface area contributed by atoms with Gasteiger partial charge < -0.3 is 0 Å². The van der Waals surface area contributed by atoms with Crippen LogP contribution in [0.3, 0.4) is 0 Å². The summed E-state index contributed by atoms with van der Waals surface area (Å²) in [6, 6.07) is 17.1. The molecule has 0 saturated carbocycles. The third-order valence-corrected chi connectivity index (χ3v) is 5.12. The summed E-state index contributed by atoms with van der Waals surface area (Å²) in [7, 11) is -1.10. The molecule has 0 aliphatic carbocycles. The third-order valence-electron chi connectivity index (χ3n) is 3.99. The summed E-state index contributed by atoms with van der Waals surface area (Å²) in [5.74, 6) is 0. The van der Waals surface area contributed by atoms with Gasteiger partial charge in [-0.1, -0.05) is 30.3 Å². The molecule has 3 rings (SSSR count). The molecule has 0 bridgehead atoms. The molecule has 3 aromatic rings. The van der Waals surface area contributed by atoms with E-state index < -0.39 is 9.84 Å². The van der Waals surface area contributed by atoms with Crippen LogP contribution in [0.15, 0.2) is 71.9 Å². The topological polar surface area (TPSA) is 55.2 Å². The van der Waals surface area contributed by atoms with Crippen molar-refractivity contribution in [2.45, 2.75) is 18.0 Å². The Morgan fingerprint density at radius 3 is 2.36 bits per heavy atom. The van der Waals surface area contributed by atoms with E-state index in [0.717, 1.165) is 24.3 Å². The van der Waals surface area contributed by atoms with E-state index in [2.05, 4.69) is 22.1 Å². The molecule has 0 fully saturated rings. The van der Waals surface area contributed by atoms with Gasteiger partial charge in [-0.3, -0.25) is 4.90 Å². The summed E-state index contributed by atoms with van der Waals surface area (Å²) in [5, 5.41) is 4.31. The van der Waals surface area contributed by atoms with E-state index in [0.29, 0.717) is 4.90 Å². The molecule has 6 heteroatoms. The quantitative estimate of drug-likeness (QED) is 0.682. The number of para-hydroxylation sites is 1. The molecule has 130 valence electrons. The van der Waals surface area contributed by atoms with Gasteiger partial charge in [-0.15, -0.1) is 0 Å². The van der Waals surface area contributed by atoms with Gasteiger partial charge in [0.2, 0.25) is 0 Å². The van der Waals surface area contributed by atoms with Crippen LogP contribution in [0.5, 0.6) is 0 Å². The second-order valence-electron chi connectivity index (χ2n) is 6.17. The van der Waals surface area contributed by atoms with Crippen LogP contribution in [0.25, 0.3) is 5.69 Å². The molecule has 0 spiro atoms. The van der Waals surface area contributed by atoms with Crippen LogP contribution >= 0.6 is 0 Å². The number of hydrogen-bond donors (Lipinski definition) is 0. The number of aromatic nitrogens is 2. The summed E-state index contributed by atoms with van der Waals surface area (Å²) >= 11 is 0. The summed E-state index contributed by atoms with van der Waals surface area (Å²) in [4.78, 5) is 2.54. The molecule has 0 unspecified atom stereocenters. The number of hydrogen-bond acceptors (Lipinski definition) is 4. The third kappa shape index (κ3) is 4.35.